The predicted molar refractivity (Wildman–Crippen MR) is 84.1 cm³/mol. The van der Waals surface area contributed by atoms with Crippen LogP contribution in [0.1, 0.15) is 36.7 Å². The van der Waals surface area contributed by atoms with E-state index in [2.05, 4.69) is 15.5 Å². The van der Waals surface area contributed by atoms with Crippen molar-refractivity contribution < 1.29 is 17.7 Å². The molecule has 0 unspecified atom stereocenters. The van der Waals surface area contributed by atoms with E-state index in [1.54, 1.807) is 6.92 Å². The van der Waals surface area contributed by atoms with E-state index in [0.29, 0.717) is 5.82 Å². The minimum atomic E-state index is -3.47. The van der Waals surface area contributed by atoms with Gasteiger partial charge in [0.1, 0.15) is 5.75 Å². The van der Waals surface area contributed by atoms with E-state index in [9.17, 15) is 13.2 Å². The average molecular weight is 337 g/mol. The fourth-order valence-corrected chi connectivity index (χ4v) is 3.18. The Labute approximate surface area is 135 Å². The second kappa shape index (κ2) is 7.36. The lowest BCUT2D eigenvalue weighted by molar-refractivity contribution is -0.121. The molecule has 0 radical (unpaired) electrons. The van der Waals surface area contributed by atoms with Gasteiger partial charge >= 0.3 is 0 Å². The number of rotatable bonds is 7. The van der Waals surface area contributed by atoms with Gasteiger partial charge in [0.15, 0.2) is 15.7 Å². The van der Waals surface area contributed by atoms with Gasteiger partial charge in [-0.1, -0.05) is 35.5 Å². The summed E-state index contributed by atoms with van der Waals surface area (Å²) in [7, 11) is -3.47. The minimum absolute atomic E-state index is 0.0422. The second-order valence-electron chi connectivity index (χ2n) is 5.28. The maximum Gasteiger partial charge on any atom is 0.241 e. The van der Waals surface area contributed by atoms with Crippen molar-refractivity contribution in [2.75, 3.05) is 5.75 Å². The molecule has 1 aromatic carbocycles. The minimum Gasteiger partial charge on any atom is -0.350 e. The summed E-state index contributed by atoms with van der Waals surface area (Å²) in [5.74, 6) is -0.506. The number of aryl methyl sites for hydroxylation is 1. The number of sulfone groups is 1. The number of carbonyl (C=O) groups excluding carboxylic acids is 1. The third-order valence-corrected chi connectivity index (χ3v) is 4.74. The highest BCUT2D eigenvalue weighted by Gasteiger charge is 2.19. The van der Waals surface area contributed by atoms with Gasteiger partial charge in [-0.15, -0.1) is 0 Å². The number of nitrogens with one attached hydrogen (secondary N) is 1. The van der Waals surface area contributed by atoms with Gasteiger partial charge in [-0.25, -0.2) is 8.42 Å². The maximum atomic E-state index is 12.0. The van der Waals surface area contributed by atoms with Gasteiger partial charge in [0.2, 0.25) is 11.8 Å². The molecule has 0 bridgehead atoms. The van der Waals surface area contributed by atoms with Gasteiger partial charge in [0.05, 0.1) is 11.8 Å². The van der Waals surface area contributed by atoms with Crippen molar-refractivity contribution in [1.82, 2.24) is 15.5 Å². The zero-order chi connectivity index (χ0) is 16.9. The monoisotopic (exact) mass is 337 g/mol. The SMILES string of the molecule is Cc1noc(CS(=O)(=O)CCC(=O)N[C@H](C)c2ccccc2)n1. The first kappa shape index (κ1) is 17.1. The summed E-state index contributed by atoms with van der Waals surface area (Å²) in [5, 5.41) is 6.32. The fraction of sp³-hybridized carbons (Fsp3) is 0.400. The lowest BCUT2D eigenvalue weighted by atomic mass is 10.1. The van der Waals surface area contributed by atoms with E-state index in [4.69, 9.17) is 4.52 Å². The van der Waals surface area contributed by atoms with Gasteiger partial charge in [0.25, 0.3) is 0 Å². The van der Waals surface area contributed by atoms with Crippen LogP contribution in [0.25, 0.3) is 0 Å². The summed E-state index contributed by atoms with van der Waals surface area (Å²) in [5.41, 5.74) is 0.963. The molecule has 1 aromatic heterocycles. The maximum absolute atomic E-state index is 12.0. The van der Waals surface area contributed by atoms with Crippen LogP contribution in [0, 0.1) is 6.92 Å². The third kappa shape index (κ3) is 5.48. The Morgan fingerprint density at radius 3 is 2.61 bits per heavy atom. The van der Waals surface area contributed by atoms with Crippen molar-refractivity contribution in [3.05, 3.63) is 47.6 Å². The van der Waals surface area contributed by atoms with Crippen molar-refractivity contribution in [3.8, 4) is 0 Å². The molecular weight excluding hydrogens is 318 g/mol. The summed E-state index contributed by atoms with van der Waals surface area (Å²) in [6.45, 7) is 3.46. The van der Waals surface area contributed by atoms with Gasteiger partial charge in [0, 0.05) is 6.42 Å². The van der Waals surface area contributed by atoms with E-state index in [1.165, 1.54) is 0 Å². The molecule has 1 N–H and O–H groups in total. The van der Waals surface area contributed by atoms with Crippen molar-refractivity contribution in [2.45, 2.75) is 32.1 Å². The number of aromatic nitrogens is 2. The number of nitrogens with zero attached hydrogens (tertiary/aromatic N) is 2. The Balaban J connectivity index is 1.83. The summed E-state index contributed by atoms with van der Waals surface area (Å²) >= 11 is 0. The highest BCUT2D eigenvalue weighted by atomic mass is 32.2. The van der Waals surface area contributed by atoms with Crippen molar-refractivity contribution in [1.29, 1.82) is 0 Å². The molecule has 0 aliphatic heterocycles. The van der Waals surface area contributed by atoms with E-state index >= 15 is 0 Å². The molecule has 0 aliphatic carbocycles. The molecule has 0 saturated heterocycles. The largest absolute Gasteiger partial charge is 0.350 e. The van der Waals surface area contributed by atoms with Gasteiger partial charge in [-0.3, -0.25) is 4.79 Å². The van der Waals surface area contributed by atoms with E-state index in [1.807, 2.05) is 37.3 Å². The topological polar surface area (TPSA) is 102 Å². The van der Waals surface area contributed by atoms with E-state index in [0.717, 1.165) is 5.56 Å². The number of benzene rings is 1. The quantitative estimate of drug-likeness (QED) is 0.822. The summed E-state index contributed by atoms with van der Waals surface area (Å²) in [6, 6.07) is 9.29. The Bertz CT molecular complexity index is 756. The lowest BCUT2D eigenvalue weighted by Gasteiger charge is -2.14. The van der Waals surface area contributed by atoms with Gasteiger partial charge < -0.3 is 9.84 Å². The van der Waals surface area contributed by atoms with Crippen molar-refractivity contribution in [3.63, 3.8) is 0 Å². The first-order valence-electron chi connectivity index (χ1n) is 7.19. The molecule has 0 fully saturated rings. The molecule has 2 aromatic rings. The van der Waals surface area contributed by atoms with Crippen molar-refractivity contribution >= 4 is 15.7 Å². The first-order chi connectivity index (χ1) is 10.9. The number of hydrogen-bond acceptors (Lipinski definition) is 6. The standard InChI is InChI=1S/C15H19N3O4S/c1-11(13-6-4-3-5-7-13)16-14(19)8-9-23(20,21)10-15-17-12(2)18-22-15/h3-7,11H,8-10H2,1-2H3,(H,16,19)/t11-/m1/s1. The van der Waals surface area contributed by atoms with Gasteiger partial charge in [-0.05, 0) is 19.4 Å². The van der Waals surface area contributed by atoms with Crippen LogP contribution in [0.4, 0.5) is 0 Å². The van der Waals surface area contributed by atoms with Crippen LogP contribution in [0.2, 0.25) is 0 Å². The second-order valence-corrected chi connectivity index (χ2v) is 7.46. The molecule has 0 aliphatic rings. The zero-order valence-corrected chi connectivity index (χ0v) is 13.8. The van der Waals surface area contributed by atoms with Crippen LogP contribution >= 0.6 is 0 Å². The smallest absolute Gasteiger partial charge is 0.241 e. The number of carbonyl (C=O) groups is 1. The Morgan fingerprint density at radius 1 is 1.30 bits per heavy atom. The molecular formula is C15H19N3O4S. The number of hydrogen-bond donors (Lipinski definition) is 1. The van der Waals surface area contributed by atoms with Gasteiger partial charge in [-0.2, -0.15) is 4.98 Å². The first-order valence-corrected chi connectivity index (χ1v) is 9.02. The highest BCUT2D eigenvalue weighted by molar-refractivity contribution is 7.90. The Hall–Kier alpha value is -2.22. The zero-order valence-electron chi connectivity index (χ0n) is 13.0. The molecule has 1 heterocycles. The Kier molecular flexibility index (Phi) is 5.49. The summed E-state index contributed by atoms with van der Waals surface area (Å²) < 4.78 is 28.7. The van der Waals surface area contributed by atoms with Crippen LogP contribution in [-0.2, 0) is 20.4 Å². The third-order valence-electron chi connectivity index (χ3n) is 3.23. The predicted octanol–water partition coefficient (Wildman–Crippen LogP) is 1.56. The fourth-order valence-electron chi connectivity index (χ4n) is 2.05. The highest BCUT2D eigenvalue weighted by Crippen LogP contribution is 2.11. The normalized spacial score (nSPS) is 12.8. The van der Waals surface area contributed by atoms with Crippen LogP contribution in [-0.4, -0.2) is 30.2 Å². The molecule has 7 nitrogen and oxygen atoms in total. The molecule has 124 valence electrons. The van der Waals surface area contributed by atoms with Crippen LogP contribution < -0.4 is 5.32 Å². The molecule has 1 atom stereocenters. The summed E-state index contributed by atoms with van der Waals surface area (Å²) in [6.07, 6.45) is -0.105. The average Bonchev–Trinajstić information content (AvgIpc) is 2.90. The Morgan fingerprint density at radius 2 is 2.00 bits per heavy atom. The molecule has 23 heavy (non-hydrogen) atoms. The summed E-state index contributed by atoms with van der Waals surface area (Å²) in [4.78, 5) is 15.8. The molecule has 2 rings (SSSR count). The molecule has 1 amide bonds. The molecule has 0 saturated carbocycles. The van der Waals surface area contributed by atoms with Crippen molar-refractivity contribution in [2.24, 2.45) is 0 Å². The molecule has 0 spiro atoms. The number of amides is 1. The molecule has 8 heteroatoms. The van der Waals surface area contributed by atoms with E-state index < -0.39 is 9.84 Å². The lowest BCUT2D eigenvalue weighted by Crippen LogP contribution is -2.28. The van der Waals surface area contributed by atoms with Crippen LogP contribution in [0.15, 0.2) is 34.9 Å². The van der Waals surface area contributed by atoms with E-state index in [-0.39, 0.29) is 35.8 Å². The van der Waals surface area contributed by atoms with Crippen LogP contribution in [0.5, 0.6) is 0 Å². The van der Waals surface area contributed by atoms with Crippen LogP contribution in [0.3, 0.4) is 0 Å².